The average molecular weight is 296 g/mol. The summed E-state index contributed by atoms with van der Waals surface area (Å²) in [6, 6.07) is 0. The fraction of sp³-hybridized carbons (Fsp3) is 0.909. The summed E-state index contributed by atoms with van der Waals surface area (Å²) < 4.78 is 37.0. The van der Waals surface area contributed by atoms with E-state index in [1.54, 1.807) is 20.8 Å². The van der Waals surface area contributed by atoms with E-state index in [1.165, 1.54) is 0 Å². The Labute approximate surface area is 113 Å². The molecule has 1 heterocycles. The highest BCUT2D eigenvalue weighted by Crippen LogP contribution is 2.24. The summed E-state index contributed by atoms with van der Waals surface area (Å²) in [7, 11) is -3.66. The topological polar surface area (TPSA) is 99.1 Å². The minimum Gasteiger partial charge on any atom is -0.462 e. The molecule has 1 fully saturated rings. The molecule has 8 heteroatoms. The van der Waals surface area contributed by atoms with E-state index in [4.69, 9.17) is 13.7 Å². The second kappa shape index (κ2) is 5.74. The second-order valence-corrected chi connectivity index (χ2v) is 7.15. The summed E-state index contributed by atoms with van der Waals surface area (Å²) >= 11 is 0. The molecule has 19 heavy (non-hydrogen) atoms. The monoisotopic (exact) mass is 296 g/mol. The van der Waals surface area contributed by atoms with Crippen molar-refractivity contribution in [2.45, 2.75) is 45.7 Å². The molecule has 7 nitrogen and oxygen atoms in total. The number of hydrogen-bond acceptors (Lipinski definition) is 7. The molecule has 1 N–H and O–H groups in total. The van der Waals surface area contributed by atoms with E-state index in [-0.39, 0.29) is 13.0 Å². The summed E-state index contributed by atoms with van der Waals surface area (Å²) in [5.41, 5.74) is -0.662. The average Bonchev–Trinajstić information content (AvgIpc) is 2.51. The van der Waals surface area contributed by atoms with Crippen LogP contribution in [-0.4, -0.2) is 50.9 Å². The SMILES string of the molecule is CC(C)(C)C(=O)OC[C@H]1O[C@@H](O)C[C@H]1OS(C)(=O)=O. The number of carbonyl (C=O) groups is 1. The third-order valence-corrected chi connectivity index (χ3v) is 3.07. The predicted molar refractivity (Wildman–Crippen MR) is 65.6 cm³/mol. The Morgan fingerprint density at radius 3 is 2.47 bits per heavy atom. The molecule has 0 radical (unpaired) electrons. The molecule has 1 aliphatic rings. The van der Waals surface area contributed by atoms with Gasteiger partial charge in [0.05, 0.1) is 11.7 Å². The zero-order valence-corrected chi connectivity index (χ0v) is 12.3. The predicted octanol–water partition coefficient (Wildman–Crippen LogP) is 0.0278. The lowest BCUT2D eigenvalue weighted by Crippen LogP contribution is -2.34. The van der Waals surface area contributed by atoms with Crippen LogP contribution in [0.15, 0.2) is 0 Å². The number of aliphatic hydroxyl groups excluding tert-OH is 1. The Hall–Kier alpha value is -0.700. The van der Waals surface area contributed by atoms with Crippen LogP contribution in [0, 0.1) is 5.41 Å². The number of rotatable bonds is 4. The van der Waals surface area contributed by atoms with E-state index >= 15 is 0 Å². The van der Waals surface area contributed by atoms with Crippen LogP contribution < -0.4 is 0 Å². The maximum atomic E-state index is 11.6. The Morgan fingerprint density at radius 1 is 1.42 bits per heavy atom. The Bertz CT molecular complexity index is 423. The van der Waals surface area contributed by atoms with Gasteiger partial charge >= 0.3 is 5.97 Å². The van der Waals surface area contributed by atoms with Crippen molar-refractivity contribution in [3.8, 4) is 0 Å². The van der Waals surface area contributed by atoms with E-state index in [9.17, 15) is 18.3 Å². The molecule has 0 unspecified atom stereocenters. The van der Waals surface area contributed by atoms with Gasteiger partial charge in [0, 0.05) is 6.42 Å². The van der Waals surface area contributed by atoms with Gasteiger partial charge in [-0.05, 0) is 20.8 Å². The van der Waals surface area contributed by atoms with Gasteiger partial charge in [0.1, 0.15) is 18.8 Å². The maximum Gasteiger partial charge on any atom is 0.311 e. The van der Waals surface area contributed by atoms with Crippen molar-refractivity contribution in [3.05, 3.63) is 0 Å². The van der Waals surface area contributed by atoms with Crippen LogP contribution in [0.4, 0.5) is 0 Å². The highest BCUT2D eigenvalue weighted by atomic mass is 32.2. The normalized spacial score (nSPS) is 28.4. The van der Waals surface area contributed by atoms with Crippen molar-refractivity contribution in [2.24, 2.45) is 5.41 Å². The van der Waals surface area contributed by atoms with Crippen molar-refractivity contribution >= 4 is 16.1 Å². The lowest BCUT2D eigenvalue weighted by atomic mass is 9.97. The van der Waals surface area contributed by atoms with Gasteiger partial charge < -0.3 is 14.6 Å². The largest absolute Gasteiger partial charge is 0.462 e. The summed E-state index contributed by atoms with van der Waals surface area (Å²) in [6.07, 6.45) is -1.83. The summed E-state index contributed by atoms with van der Waals surface area (Å²) in [4.78, 5) is 11.6. The third-order valence-electron chi connectivity index (χ3n) is 2.47. The molecule has 0 aromatic carbocycles. The smallest absolute Gasteiger partial charge is 0.311 e. The van der Waals surface area contributed by atoms with Crippen molar-refractivity contribution in [1.82, 2.24) is 0 Å². The first-order chi connectivity index (χ1) is 8.49. The van der Waals surface area contributed by atoms with Gasteiger partial charge in [0.15, 0.2) is 6.29 Å². The molecule has 0 bridgehead atoms. The molecule has 0 spiro atoms. The van der Waals surface area contributed by atoms with Crippen molar-refractivity contribution < 1.29 is 32.0 Å². The summed E-state index contributed by atoms with van der Waals surface area (Å²) in [6.45, 7) is 4.94. The van der Waals surface area contributed by atoms with Gasteiger partial charge in [-0.1, -0.05) is 0 Å². The second-order valence-electron chi connectivity index (χ2n) is 5.55. The Kier molecular flexibility index (Phi) is 4.94. The Balaban J connectivity index is 2.58. The molecule has 0 amide bonds. The van der Waals surface area contributed by atoms with Gasteiger partial charge in [-0.3, -0.25) is 8.98 Å². The molecule has 0 aliphatic carbocycles. The van der Waals surface area contributed by atoms with Gasteiger partial charge in [-0.2, -0.15) is 8.42 Å². The van der Waals surface area contributed by atoms with Crippen LogP contribution in [0.5, 0.6) is 0 Å². The van der Waals surface area contributed by atoms with Crippen LogP contribution >= 0.6 is 0 Å². The van der Waals surface area contributed by atoms with Gasteiger partial charge in [0.2, 0.25) is 0 Å². The third kappa shape index (κ3) is 5.43. The lowest BCUT2D eigenvalue weighted by Gasteiger charge is -2.21. The van der Waals surface area contributed by atoms with Crippen molar-refractivity contribution in [2.75, 3.05) is 12.9 Å². The van der Waals surface area contributed by atoms with E-state index in [0.29, 0.717) is 0 Å². The van der Waals surface area contributed by atoms with Crippen LogP contribution in [-0.2, 0) is 28.6 Å². The molecular weight excluding hydrogens is 276 g/mol. The minimum atomic E-state index is -3.66. The number of hydrogen-bond donors (Lipinski definition) is 1. The Morgan fingerprint density at radius 2 is 2.00 bits per heavy atom. The van der Waals surface area contributed by atoms with Crippen LogP contribution in [0.2, 0.25) is 0 Å². The van der Waals surface area contributed by atoms with E-state index < -0.39 is 40.0 Å². The van der Waals surface area contributed by atoms with E-state index in [2.05, 4.69) is 0 Å². The molecule has 1 rings (SSSR count). The molecule has 0 aromatic rings. The highest BCUT2D eigenvalue weighted by molar-refractivity contribution is 7.86. The summed E-state index contributed by atoms with van der Waals surface area (Å²) in [5, 5.41) is 9.35. The number of esters is 1. The first-order valence-electron chi connectivity index (χ1n) is 5.88. The molecule has 0 aromatic heterocycles. The summed E-state index contributed by atoms with van der Waals surface area (Å²) in [5.74, 6) is -0.435. The van der Waals surface area contributed by atoms with Crippen LogP contribution in [0.3, 0.4) is 0 Å². The van der Waals surface area contributed by atoms with Gasteiger partial charge in [0.25, 0.3) is 10.1 Å². The number of aliphatic hydroxyl groups is 1. The molecular formula is C11H20O7S. The van der Waals surface area contributed by atoms with Gasteiger partial charge in [-0.15, -0.1) is 0 Å². The van der Waals surface area contributed by atoms with Crippen molar-refractivity contribution in [1.29, 1.82) is 0 Å². The van der Waals surface area contributed by atoms with Crippen LogP contribution in [0.25, 0.3) is 0 Å². The molecule has 3 atom stereocenters. The zero-order valence-electron chi connectivity index (χ0n) is 11.5. The first-order valence-corrected chi connectivity index (χ1v) is 7.70. The fourth-order valence-corrected chi connectivity index (χ4v) is 2.19. The minimum absolute atomic E-state index is 0.0187. The number of carbonyl (C=O) groups excluding carboxylic acids is 1. The van der Waals surface area contributed by atoms with E-state index in [0.717, 1.165) is 6.26 Å². The molecule has 1 saturated heterocycles. The standard InChI is InChI=1S/C11H20O7S/c1-11(2,3)10(13)16-6-8-7(5-9(12)17-8)18-19(4,14)15/h7-9,12H,5-6H2,1-4H3/t7-,8-,9-/m1/s1. The molecule has 112 valence electrons. The fourth-order valence-electron chi connectivity index (χ4n) is 1.54. The maximum absolute atomic E-state index is 11.6. The van der Waals surface area contributed by atoms with Gasteiger partial charge in [-0.25, -0.2) is 0 Å². The molecule has 0 saturated carbocycles. The van der Waals surface area contributed by atoms with Crippen LogP contribution in [0.1, 0.15) is 27.2 Å². The van der Waals surface area contributed by atoms with Crippen molar-refractivity contribution in [3.63, 3.8) is 0 Å². The highest BCUT2D eigenvalue weighted by Gasteiger charge is 2.38. The first kappa shape index (κ1) is 16.4. The lowest BCUT2D eigenvalue weighted by molar-refractivity contribution is -0.162. The zero-order chi connectivity index (χ0) is 14.8. The molecule has 1 aliphatic heterocycles. The quantitative estimate of drug-likeness (QED) is 0.577. The van der Waals surface area contributed by atoms with E-state index in [1.807, 2.05) is 0 Å². The number of ether oxygens (including phenoxy) is 2.